The summed E-state index contributed by atoms with van der Waals surface area (Å²) < 4.78 is 6.30. The Bertz CT molecular complexity index is 1290. The van der Waals surface area contributed by atoms with E-state index in [1.807, 2.05) is 38.1 Å². The lowest BCUT2D eigenvalue weighted by molar-refractivity contribution is 0.455. The Morgan fingerprint density at radius 3 is 2.14 bits per heavy atom. The molecule has 0 bridgehead atoms. The van der Waals surface area contributed by atoms with Gasteiger partial charge in [-0.15, -0.1) is 21.5 Å². The van der Waals surface area contributed by atoms with Crippen LogP contribution in [0.4, 0.5) is 0 Å². The molecule has 28 heavy (non-hydrogen) atoms. The maximum Gasteiger partial charge on any atom is 0.246 e. The molecule has 2 aromatic heterocycles. The van der Waals surface area contributed by atoms with Gasteiger partial charge in [-0.05, 0) is 59.3 Å². The zero-order valence-corrected chi connectivity index (χ0v) is 16.5. The van der Waals surface area contributed by atoms with Crippen LogP contribution in [0.5, 0.6) is 11.6 Å². The van der Waals surface area contributed by atoms with Crippen LogP contribution >= 0.6 is 11.3 Å². The van der Waals surface area contributed by atoms with E-state index in [4.69, 9.17) is 4.74 Å². The third-order valence-electron chi connectivity index (χ3n) is 4.97. The highest BCUT2D eigenvalue weighted by atomic mass is 32.1. The third kappa shape index (κ3) is 2.83. The third-order valence-corrected chi connectivity index (χ3v) is 5.85. The maximum absolute atomic E-state index is 6.30. The van der Waals surface area contributed by atoms with Crippen molar-refractivity contribution in [2.45, 2.75) is 13.8 Å². The molecule has 0 N–H and O–H groups in total. The van der Waals surface area contributed by atoms with Gasteiger partial charge in [0.2, 0.25) is 5.88 Å². The van der Waals surface area contributed by atoms with Crippen molar-refractivity contribution in [3.8, 4) is 22.2 Å². The van der Waals surface area contributed by atoms with Gasteiger partial charge in [-0.1, -0.05) is 48.5 Å². The van der Waals surface area contributed by atoms with Crippen molar-refractivity contribution in [2.24, 2.45) is 0 Å². The Morgan fingerprint density at radius 1 is 0.750 bits per heavy atom. The van der Waals surface area contributed by atoms with Gasteiger partial charge in [0.05, 0.1) is 4.88 Å². The van der Waals surface area contributed by atoms with Crippen LogP contribution in [0.15, 0.2) is 72.1 Å². The van der Waals surface area contributed by atoms with Crippen LogP contribution in [0, 0.1) is 13.8 Å². The fourth-order valence-electron chi connectivity index (χ4n) is 3.54. The summed E-state index contributed by atoms with van der Waals surface area (Å²) in [5.74, 6) is 1.38. The number of ether oxygens (including phenoxy) is 1. The molecular weight excluding hydrogens is 364 g/mol. The molecule has 3 aromatic carbocycles. The molecule has 0 saturated heterocycles. The molecule has 0 saturated carbocycles. The van der Waals surface area contributed by atoms with Crippen molar-refractivity contribution in [1.29, 1.82) is 0 Å². The standard InChI is InChI=1S/C24H18N2OS/c1-15-7-5-8-16(2)23(15)27-24-20-14-18-10-4-3-9-17(18)13-19(20)22(25-26-24)21-11-6-12-28-21/h3-14H,1-2H3. The van der Waals surface area contributed by atoms with Crippen LogP contribution in [0.3, 0.4) is 0 Å². The first kappa shape index (κ1) is 16.9. The number of hydrogen-bond acceptors (Lipinski definition) is 4. The Hall–Kier alpha value is -3.24. The zero-order chi connectivity index (χ0) is 19.1. The van der Waals surface area contributed by atoms with Gasteiger partial charge in [0.15, 0.2) is 0 Å². The molecule has 0 unspecified atom stereocenters. The van der Waals surface area contributed by atoms with E-state index < -0.39 is 0 Å². The zero-order valence-electron chi connectivity index (χ0n) is 15.6. The summed E-state index contributed by atoms with van der Waals surface area (Å²) in [4.78, 5) is 1.10. The number of rotatable bonds is 3. The van der Waals surface area contributed by atoms with Crippen molar-refractivity contribution < 1.29 is 4.74 Å². The van der Waals surface area contributed by atoms with Crippen molar-refractivity contribution in [1.82, 2.24) is 10.2 Å². The summed E-state index contributed by atoms with van der Waals surface area (Å²) in [6.07, 6.45) is 0. The molecule has 4 heteroatoms. The van der Waals surface area contributed by atoms with Gasteiger partial charge < -0.3 is 4.74 Å². The number of para-hydroxylation sites is 1. The summed E-state index contributed by atoms with van der Waals surface area (Å²) in [7, 11) is 0. The predicted octanol–water partition coefficient (Wildman–Crippen LogP) is 6.92. The molecule has 0 fully saturated rings. The van der Waals surface area contributed by atoms with E-state index in [1.54, 1.807) is 11.3 Å². The van der Waals surface area contributed by atoms with E-state index in [2.05, 4.69) is 58.0 Å². The average Bonchev–Trinajstić information content (AvgIpc) is 3.24. The minimum Gasteiger partial charge on any atom is -0.436 e. The number of nitrogens with zero attached hydrogens (tertiary/aromatic N) is 2. The highest BCUT2D eigenvalue weighted by Crippen LogP contribution is 2.38. The summed E-state index contributed by atoms with van der Waals surface area (Å²) in [6, 6.07) is 22.9. The summed E-state index contributed by atoms with van der Waals surface area (Å²) in [6.45, 7) is 4.10. The molecule has 0 spiro atoms. The van der Waals surface area contributed by atoms with Crippen molar-refractivity contribution in [3.05, 3.63) is 83.2 Å². The normalized spacial score (nSPS) is 11.2. The van der Waals surface area contributed by atoms with Gasteiger partial charge in [0, 0.05) is 10.8 Å². The Labute approximate surface area is 167 Å². The highest BCUT2D eigenvalue weighted by molar-refractivity contribution is 7.13. The molecule has 5 rings (SSSR count). The van der Waals surface area contributed by atoms with Crippen LogP contribution in [0.25, 0.3) is 32.1 Å². The van der Waals surface area contributed by atoms with Gasteiger partial charge >= 0.3 is 0 Å². The second kappa shape index (κ2) is 6.73. The molecule has 0 aliphatic heterocycles. The molecule has 0 radical (unpaired) electrons. The lowest BCUT2D eigenvalue weighted by Crippen LogP contribution is -1.98. The number of aromatic nitrogens is 2. The average molecular weight is 382 g/mol. The lowest BCUT2D eigenvalue weighted by Gasteiger charge is -2.14. The van der Waals surface area contributed by atoms with E-state index in [-0.39, 0.29) is 0 Å². The smallest absolute Gasteiger partial charge is 0.246 e. The molecule has 2 heterocycles. The second-order valence-corrected chi connectivity index (χ2v) is 7.85. The summed E-state index contributed by atoms with van der Waals surface area (Å²) in [5, 5.41) is 15.5. The number of thiophene rings is 1. The quantitative estimate of drug-likeness (QED) is 0.318. The van der Waals surface area contributed by atoms with E-state index in [0.717, 1.165) is 43.6 Å². The molecule has 0 aliphatic carbocycles. The van der Waals surface area contributed by atoms with Crippen LogP contribution < -0.4 is 4.74 Å². The molecule has 0 atom stereocenters. The van der Waals surface area contributed by atoms with E-state index >= 15 is 0 Å². The molecule has 136 valence electrons. The molecule has 0 amide bonds. The number of hydrogen-bond donors (Lipinski definition) is 0. The molecule has 0 aliphatic rings. The Balaban J connectivity index is 1.78. The van der Waals surface area contributed by atoms with Gasteiger partial charge in [0.1, 0.15) is 11.4 Å². The first-order chi connectivity index (χ1) is 13.7. The van der Waals surface area contributed by atoms with Gasteiger partial charge in [-0.25, -0.2) is 0 Å². The van der Waals surface area contributed by atoms with Crippen LogP contribution in [0.2, 0.25) is 0 Å². The van der Waals surface area contributed by atoms with Crippen molar-refractivity contribution >= 4 is 32.9 Å². The highest BCUT2D eigenvalue weighted by Gasteiger charge is 2.16. The van der Waals surface area contributed by atoms with Crippen LogP contribution in [0.1, 0.15) is 11.1 Å². The van der Waals surface area contributed by atoms with Crippen LogP contribution in [-0.2, 0) is 0 Å². The first-order valence-electron chi connectivity index (χ1n) is 9.18. The summed E-state index contributed by atoms with van der Waals surface area (Å²) in [5.41, 5.74) is 3.06. The minimum absolute atomic E-state index is 0.540. The largest absolute Gasteiger partial charge is 0.436 e. The fourth-order valence-corrected chi connectivity index (χ4v) is 4.27. The monoisotopic (exact) mass is 382 g/mol. The van der Waals surface area contributed by atoms with Crippen molar-refractivity contribution in [2.75, 3.05) is 0 Å². The van der Waals surface area contributed by atoms with Gasteiger partial charge in [0.25, 0.3) is 0 Å². The van der Waals surface area contributed by atoms with E-state index in [9.17, 15) is 0 Å². The van der Waals surface area contributed by atoms with Gasteiger partial charge in [-0.2, -0.15) is 0 Å². The Morgan fingerprint density at radius 2 is 1.46 bits per heavy atom. The van der Waals surface area contributed by atoms with Gasteiger partial charge in [-0.3, -0.25) is 0 Å². The first-order valence-corrected chi connectivity index (χ1v) is 10.1. The SMILES string of the molecule is Cc1cccc(C)c1Oc1nnc(-c2cccs2)c2cc3ccccc3cc12. The fraction of sp³-hybridized carbons (Fsp3) is 0.0833. The van der Waals surface area contributed by atoms with E-state index in [1.165, 1.54) is 5.39 Å². The number of benzene rings is 3. The molecule has 3 nitrogen and oxygen atoms in total. The maximum atomic E-state index is 6.30. The summed E-state index contributed by atoms with van der Waals surface area (Å²) >= 11 is 1.67. The molecule has 5 aromatic rings. The second-order valence-electron chi connectivity index (χ2n) is 6.90. The van der Waals surface area contributed by atoms with Crippen molar-refractivity contribution in [3.63, 3.8) is 0 Å². The lowest BCUT2D eigenvalue weighted by atomic mass is 10.0. The Kier molecular flexibility index (Phi) is 4.06. The topological polar surface area (TPSA) is 35.0 Å². The number of fused-ring (bicyclic) bond motifs is 2. The molecular formula is C24H18N2OS. The van der Waals surface area contributed by atoms with E-state index in [0.29, 0.717) is 5.88 Å². The minimum atomic E-state index is 0.540. The number of aryl methyl sites for hydroxylation is 2. The predicted molar refractivity (Wildman–Crippen MR) is 116 cm³/mol. The van der Waals surface area contributed by atoms with Crippen LogP contribution in [-0.4, -0.2) is 10.2 Å².